The van der Waals surface area contributed by atoms with Gasteiger partial charge in [0.1, 0.15) is 23.3 Å². The molecule has 0 atom stereocenters. The lowest BCUT2D eigenvalue weighted by Gasteiger charge is -2.20. The van der Waals surface area contributed by atoms with Crippen molar-refractivity contribution in [2.45, 2.75) is 25.3 Å². The fraction of sp³-hybridized carbons (Fsp3) is 0.286. The number of rotatable bonds is 9. The first kappa shape index (κ1) is 22.4. The molecular formula is C21H25N5O4S. The Kier molecular flexibility index (Phi) is 7.03. The molecule has 0 aliphatic heterocycles. The third kappa shape index (κ3) is 4.92. The molecule has 0 saturated carbocycles. The number of hydrogen-bond acceptors (Lipinski definition) is 6. The summed E-state index contributed by atoms with van der Waals surface area (Å²) in [6.07, 6.45) is 3.06. The maximum absolute atomic E-state index is 13.0. The van der Waals surface area contributed by atoms with E-state index in [9.17, 15) is 13.2 Å². The van der Waals surface area contributed by atoms with E-state index in [4.69, 9.17) is 4.74 Å². The first-order valence-corrected chi connectivity index (χ1v) is 11.2. The number of benzene rings is 2. The van der Waals surface area contributed by atoms with Crippen molar-refractivity contribution in [3.8, 4) is 11.4 Å². The van der Waals surface area contributed by atoms with Crippen LogP contribution in [0.25, 0.3) is 5.69 Å². The zero-order valence-corrected chi connectivity index (χ0v) is 18.5. The minimum atomic E-state index is -3.78. The van der Waals surface area contributed by atoms with Crippen molar-refractivity contribution >= 4 is 15.9 Å². The smallest absolute Gasteiger partial charge is 0.251 e. The van der Waals surface area contributed by atoms with Crippen LogP contribution in [0.1, 0.15) is 29.8 Å². The van der Waals surface area contributed by atoms with Crippen LogP contribution in [-0.4, -0.2) is 53.6 Å². The van der Waals surface area contributed by atoms with E-state index < -0.39 is 10.0 Å². The second kappa shape index (κ2) is 9.71. The van der Waals surface area contributed by atoms with E-state index in [-0.39, 0.29) is 22.1 Å². The molecule has 0 saturated heterocycles. The number of carbonyl (C=O) groups excluding carboxylic acids is 1. The van der Waals surface area contributed by atoms with Gasteiger partial charge in [0, 0.05) is 25.2 Å². The molecular weight excluding hydrogens is 418 g/mol. The van der Waals surface area contributed by atoms with Crippen LogP contribution in [0, 0.1) is 0 Å². The zero-order valence-electron chi connectivity index (χ0n) is 17.6. The molecule has 0 spiro atoms. The van der Waals surface area contributed by atoms with Gasteiger partial charge < -0.3 is 10.1 Å². The first-order chi connectivity index (χ1) is 14.9. The predicted molar refractivity (Wildman–Crippen MR) is 116 cm³/mol. The van der Waals surface area contributed by atoms with Crippen molar-refractivity contribution in [3.05, 3.63) is 66.2 Å². The lowest BCUT2D eigenvalue weighted by Crippen LogP contribution is -2.31. The number of aromatic nitrogens is 3. The number of nitrogens with zero attached hydrogens (tertiary/aromatic N) is 4. The second-order valence-corrected chi connectivity index (χ2v) is 8.55. The van der Waals surface area contributed by atoms with Gasteiger partial charge in [0.2, 0.25) is 10.0 Å². The van der Waals surface area contributed by atoms with Crippen LogP contribution in [0.5, 0.6) is 5.75 Å². The molecule has 0 bridgehead atoms. The highest BCUT2D eigenvalue weighted by Gasteiger charge is 2.26. The van der Waals surface area contributed by atoms with E-state index in [1.807, 2.05) is 24.3 Å². The minimum Gasteiger partial charge on any atom is -0.495 e. The molecule has 164 valence electrons. The van der Waals surface area contributed by atoms with Gasteiger partial charge in [-0.2, -0.15) is 9.40 Å². The van der Waals surface area contributed by atoms with Crippen molar-refractivity contribution in [2.75, 3.05) is 20.2 Å². The maximum Gasteiger partial charge on any atom is 0.251 e. The predicted octanol–water partition coefficient (Wildman–Crippen LogP) is 2.24. The van der Waals surface area contributed by atoms with Crippen LogP contribution in [-0.2, 0) is 16.6 Å². The van der Waals surface area contributed by atoms with E-state index in [0.717, 1.165) is 11.3 Å². The summed E-state index contributed by atoms with van der Waals surface area (Å²) >= 11 is 0. The van der Waals surface area contributed by atoms with E-state index in [2.05, 4.69) is 15.4 Å². The summed E-state index contributed by atoms with van der Waals surface area (Å²) in [5.74, 6) is -0.175. The molecule has 0 aliphatic rings. The number of hydrogen-bond donors (Lipinski definition) is 1. The first-order valence-electron chi connectivity index (χ1n) is 9.81. The molecule has 0 fully saturated rings. The molecule has 31 heavy (non-hydrogen) atoms. The van der Waals surface area contributed by atoms with Gasteiger partial charge in [0.15, 0.2) is 0 Å². The summed E-state index contributed by atoms with van der Waals surface area (Å²) in [5, 5.41) is 6.89. The van der Waals surface area contributed by atoms with Gasteiger partial charge in [-0.25, -0.2) is 18.1 Å². The molecule has 0 radical (unpaired) electrons. The van der Waals surface area contributed by atoms with Gasteiger partial charge in [-0.1, -0.05) is 26.0 Å². The van der Waals surface area contributed by atoms with Crippen molar-refractivity contribution in [1.29, 1.82) is 0 Å². The van der Waals surface area contributed by atoms with E-state index >= 15 is 0 Å². The van der Waals surface area contributed by atoms with E-state index in [0.29, 0.717) is 19.6 Å². The Balaban J connectivity index is 1.76. The topological polar surface area (TPSA) is 106 Å². The molecule has 1 heterocycles. The van der Waals surface area contributed by atoms with Gasteiger partial charge >= 0.3 is 0 Å². The summed E-state index contributed by atoms with van der Waals surface area (Å²) < 4.78 is 34.1. The molecule has 1 amide bonds. The quantitative estimate of drug-likeness (QED) is 0.544. The molecule has 1 aromatic heterocycles. The van der Waals surface area contributed by atoms with Gasteiger partial charge in [0.25, 0.3) is 5.91 Å². The van der Waals surface area contributed by atoms with Crippen LogP contribution < -0.4 is 10.1 Å². The average molecular weight is 444 g/mol. The normalized spacial score (nSPS) is 11.5. The molecule has 1 N–H and O–H groups in total. The summed E-state index contributed by atoms with van der Waals surface area (Å²) in [5.41, 5.74) is 1.99. The Hall–Kier alpha value is -3.24. The fourth-order valence-corrected chi connectivity index (χ4v) is 4.75. The van der Waals surface area contributed by atoms with Gasteiger partial charge in [-0.05, 0) is 35.9 Å². The van der Waals surface area contributed by atoms with E-state index in [1.54, 1.807) is 30.9 Å². The van der Waals surface area contributed by atoms with Crippen molar-refractivity contribution < 1.29 is 17.9 Å². The summed E-state index contributed by atoms with van der Waals surface area (Å²) in [6, 6.07) is 11.9. The Morgan fingerprint density at radius 2 is 1.84 bits per heavy atom. The highest BCUT2D eigenvalue weighted by Crippen LogP contribution is 2.28. The number of carbonyl (C=O) groups is 1. The molecule has 9 nitrogen and oxygen atoms in total. The van der Waals surface area contributed by atoms with Gasteiger partial charge in [-0.15, -0.1) is 0 Å². The van der Waals surface area contributed by atoms with E-state index in [1.165, 1.54) is 29.9 Å². The Morgan fingerprint density at radius 1 is 1.13 bits per heavy atom. The number of ether oxygens (including phenoxy) is 1. The van der Waals surface area contributed by atoms with Crippen LogP contribution in [0.3, 0.4) is 0 Å². The largest absolute Gasteiger partial charge is 0.495 e. The highest BCUT2D eigenvalue weighted by molar-refractivity contribution is 7.89. The molecule has 3 rings (SSSR count). The second-order valence-electron chi connectivity index (χ2n) is 6.64. The Bertz CT molecular complexity index is 1130. The maximum atomic E-state index is 13.0. The lowest BCUT2D eigenvalue weighted by molar-refractivity contribution is 0.0950. The Labute approximate surface area is 181 Å². The molecule has 3 aromatic rings. The SMILES string of the molecule is CCN(CC)S(=O)(=O)c1cc(C(=O)NCc2ccc(-n3cncn3)cc2)ccc1OC. The zero-order chi connectivity index (χ0) is 22.4. The molecule has 2 aromatic carbocycles. The highest BCUT2D eigenvalue weighted by atomic mass is 32.2. The number of amides is 1. The summed E-state index contributed by atoms with van der Waals surface area (Å²) in [6.45, 7) is 4.46. The average Bonchev–Trinajstić information content (AvgIpc) is 3.33. The Morgan fingerprint density at radius 3 is 2.42 bits per heavy atom. The van der Waals surface area contributed by atoms with Crippen molar-refractivity contribution in [1.82, 2.24) is 24.4 Å². The van der Waals surface area contributed by atoms with Crippen LogP contribution in [0.15, 0.2) is 60.0 Å². The van der Waals surface area contributed by atoms with Crippen LogP contribution in [0.4, 0.5) is 0 Å². The molecule has 0 unspecified atom stereocenters. The van der Waals surface area contributed by atoms with Gasteiger partial charge in [-0.3, -0.25) is 4.79 Å². The number of nitrogens with one attached hydrogen (secondary N) is 1. The standard InChI is InChI=1S/C21H25N5O4S/c1-4-25(5-2)31(28,29)20-12-17(8-11-19(20)30-3)21(27)23-13-16-6-9-18(10-7-16)26-15-22-14-24-26/h6-12,14-15H,4-5,13H2,1-3H3,(H,23,27). The van der Waals surface area contributed by atoms with Crippen molar-refractivity contribution in [2.24, 2.45) is 0 Å². The van der Waals surface area contributed by atoms with Crippen molar-refractivity contribution in [3.63, 3.8) is 0 Å². The summed E-state index contributed by atoms with van der Waals surface area (Å²) in [7, 11) is -2.38. The fourth-order valence-electron chi connectivity index (χ4n) is 3.11. The molecule has 10 heteroatoms. The summed E-state index contributed by atoms with van der Waals surface area (Å²) in [4.78, 5) is 16.6. The number of sulfonamides is 1. The lowest BCUT2D eigenvalue weighted by atomic mass is 10.1. The molecule has 0 aliphatic carbocycles. The monoisotopic (exact) mass is 443 g/mol. The third-order valence-corrected chi connectivity index (χ3v) is 6.89. The number of methoxy groups -OCH3 is 1. The van der Waals surface area contributed by atoms with Crippen LogP contribution >= 0.6 is 0 Å². The third-order valence-electron chi connectivity index (χ3n) is 4.82. The minimum absolute atomic E-state index is 0.0245. The van der Waals surface area contributed by atoms with Crippen LogP contribution in [0.2, 0.25) is 0 Å². The van der Waals surface area contributed by atoms with Gasteiger partial charge in [0.05, 0.1) is 12.8 Å².